The van der Waals surface area contributed by atoms with E-state index < -0.39 is 18.1 Å². The van der Waals surface area contributed by atoms with E-state index in [-0.39, 0.29) is 24.2 Å². The van der Waals surface area contributed by atoms with Crippen LogP contribution in [0.1, 0.15) is 5.56 Å². The summed E-state index contributed by atoms with van der Waals surface area (Å²) < 4.78 is 5.83. The van der Waals surface area contributed by atoms with Gasteiger partial charge in [0, 0.05) is 25.2 Å². The lowest BCUT2D eigenvalue weighted by Gasteiger charge is -2.12. The second-order valence-corrected chi connectivity index (χ2v) is 3.79. The first-order valence-corrected chi connectivity index (χ1v) is 5.46. The summed E-state index contributed by atoms with van der Waals surface area (Å²) in [5, 5.41) is 13.8. The zero-order valence-corrected chi connectivity index (χ0v) is 10.4. The Balaban J connectivity index is 2.71. The summed E-state index contributed by atoms with van der Waals surface area (Å²) >= 11 is 0. The number of amides is 1. The highest BCUT2D eigenvalue weighted by atomic mass is 16.5. The van der Waals surface area contributed by atoms with Crippen molar-refractivity contribution in [2.75, 3.05) is 6.61 Å². The molecule has 1 aromatic rings. The smallest absolute Gasteiger partial charge is 0.408 e. The number of alkyl carbamates (subject to hydrolysis) is 1. The van der Waals surface area contributed by atoms with Gasteiger partial charge in [-0.05, 0) is 0 Å². The number of aliphatic carboxylic acids is 1. The molecule has 1 rings (SSSR count). The molecule has 104 valence electrons. The molecule has 0 aromatic carbocycles. The number of hydrogen-bond acceptors (Lipinski definition) is 4. The van der Waals surface area contributed by atoms with Gasteiger partial charge in [-0.2, -0.15) is 0 Å². The SMILES string of the molecule is C=CCOC(=O)N[C@@H](Cc1c[nH]n(C)c1=O)C(=O)O. The van der Waals surface area contributed by atoms with Crippen LogP contribution in [0.4, 0.5) is 4.79 Å². The predicted molar refractivity (Wildman–Crippen MR) is 65.8 cm³/mol. The maximum Gasteiger partial charge on any atom is 0.408 e. The first kappa shape index (κ1) is 14.6. The number of H-pyrrole nitrogens is 1. The quantitative estimate of drug-likeness (QED) is 0.609. The molecule has 1 atom stereocenters. The molecular weight excluding hydrogens is 254 g/mol. The second kappa shape index (κ2) is 6.43. The fraction of sp³-hybridized carbons (Fsp3) is 0.364. The highest BCUT2D eigenvalue weighted by Gasteiger charge is 2.22. The van der Waals surface area contributed by atoms with Crippen LogP contribution in [0.5, 0.6) is 0 Å². The molecule has 19 heavy (non-hydrogen) atoms. The Morgan fingerprint density at radius 1 is 1.68 bits per heavy atom. The summed E-state index contributed by atoms with van der Waals surface area (Å²) in [7, 11) is 1.51. The molecule has 0 fully saturated rings. The fourth-order valence-corrected chi connectivity index (χ4v) is 1.40. The van der Waals surface area contributed by atoms with Crippen LogP contribution in [0.3, 0.4) is 0 Å². The lowest BCUT2D eigenvalue weighted by Crippen LogP contribution is -2.43. The van der Waals surface area contributed by atoms with E-state index in [0.29, 0.717) is 0 Å². The van der Waals surface area contributed by atoms with Crippen molar-refractivity contribution < 1.29 is 19.4 Å². The number of hydrogen-bond donors (Lipinski definition) is 3. The minimum Gasteiger partial charge on any atom is -0.480 e. The lowest BCUT2D eigenvalue weighted by atomic mass is 10.1. The van der Waals surface area contributed by atoms with Gasteiger partial charge in [-0.15, -0.1) is 0 Å². The van der Waals surface area contributed by atoms with Crippen molar-refractivity contribution in [3.63, 3.8) is 0 Å². The molecule has 0 saturated heterocycles. The number of carbonyl (C=O) groups is 2. The first-order valence-electron chi connectivity index (χ1n) is 5.46. The van der Waals surface area contributed by atoms with Crippen molar-refractivity contribution in [3.05, 3.63) is 34.8 Å². The van der Waals surface area contributed by atoms with Gasteiger partial charge in [0.2, 0.25) is 0 Å². The van der Waals surface area contributed by atoms with Gasteiger partial charge in [0.1, 0.15) is 12.6 Å². The molecule has 1 aromatic heterocycles. The van der Waals surface area contributed by atoms with Crippen molar-refractivity contribution in [1.29, 1.82) is 0 Å². The highest BCUT2D eigenvalue weighted by molar-refractivity contribution is 5.80. The molecule has 0 bridgehead atoms. The summed E-state index contributed by atoms with van der Waals surface area (Å²) in [6.45, 7) is 3.34. The predicted octanol–water partition coefficient (Wildman–Crippen LogP) is -0.379. The summed E-state index contributed by atoms with van der Waals surface area (Å²) in [5.74, 6) is -1.25. The maximum absolute atomic E-state index is 11.6. The van der Waals surface area contributed by atoms with Crippen LogP contribution in [0.25, 0.3) is 0 Å². The van der Waals surface area contributed by atoms with E-state index in [1.165, 1.54) is 24.0 Å². The van der Waals surface area contributed by atoms with E-state index in [1.807, 2.05) is 0 Å². The van der Waals surface area contributed by atoms with Crippen molar-refractivity contribution in [3.8, 4) is 0 Å². The third kappa shape index (κ3) is 4.02. The van der Waals surface area contributed by atoms with E-state index in [9.17, 15) is 14.4 Å². The zero-order valence-electron chi connectivity index (χ0n) is 10.4. The van der Waals surface area contributed by atoms with Gasteiger partial charge in [-0.1, -0.05) is 12.7 Å². The number of aryl methyl sites for hydroxylation is 1. The normalized spacial score (nSPS) is 11.6. The summed E-state index contributed by atoms with van der Waals surface area (Å²) in [4.78, 5) is 33.8. The van der Waals surface area contributed by atoms with E-state index >= 15 is 0 Å². The van der Waals surface area contributed by atoms with E-state index in [1.54, 1.807) is 0 Å². The topological polar surface area (TPSA) is 113 Å². The van der Waals surface area contributed by atoms with Gasteiger partial charge in [-0.3, -0.25) is 9.48 Å². The molecular formula is C11H15N3O5. The van der Waals surface area contributed by atoms with Gasteiger partial charge >= 0.3 is 12.1 Å². The van der Waals surface area contributed by atoms with E-state index in [0.717, 1.165) is 0 Å². The fourth-order valence-electron chi connectivity index (χ4n) is 1.40. The monoisotopic (exact) mass is 269 g/mol. The van der Waals surface area contributed by atoms with Gasteiger partial charge < -0.3 is 20.3 Å². The number of carboxylic acid groups (broad SMARTS) is 1. The minimum absolute atomic E-state index is 0.0237. The lowest BCUT2D eigenvalue weighted by molar-refractivity contribution is -0.139. The minimum atomic E-state index is -1.25. The molecule has 1 heterocycles. The standard InChI is InChI=1S/C11H15N3O5/c1-3-4-19-11(18)13-8(10(16)17)5-7-6-12-14(2)9(7)15/h3,6,8,12H,1,4-5H2,2H3,(H,13,18)(H,16,17)/t8-/m0/s1. The average molecular weight is 269 g/mol. The van der Waals surface area contributed by atoms with Crippen LogP contribution in [-0.4, -0.2) is 39.6 Å². The van der Waals surface area contributed by atoms with Crippen LogP contribution < -0.4 is 10.9 Å². The Morgan fingerprint density at radius 2 is 2.37 bits per heavy atom. The van der Waals surface area contributed by atoms with Gasteiger partial charge in [0.25, 0.3) is 5.56 Å². The zero-order chi connectivity index (χ0) is 14.4. The largest absolute Gasteiger partial charge is 0.480 e. The Bertz CT molecular complexity index is 531. The molecule has 8 heteroatoms. The summed E-state index contributed by atoms with van der Waals surface area (Å²) in [6, 6.07) is -1.24. The van der Waals surface area contributed by atoms with Crippen molar-refractivity contribution in [1.82, 2.24) is 15.1 Å². The molecule has 8 nitrogen and oxygen atoms in total. The number of aromatic nitrogens is 2. The number of nitrogens with zero attached hydrogens (tertiary/aromatic N) is 1. The van der Waals surface area contributed by atoms with Gasteiger partial charge in [0.15, 0.2) is 0 Å². The van der Waals surface area contributed by atoms with Gasteiger partial charge in [-0.25, -0.2) is 9.59 Å². The summed E-state index contributed by atoms with van der Waals surface area (Å²) in [5.41, 5.74) is -0.0774. The number of ether oxygens (including phenoxy) is 1. The van der Waals surface area contributed by atoms with Crippen LogP contribution in [0.2, 0.25) is 0 Å². The number of aromatic amines is 1. The van der Waals surface area contributed by atoms with Crippen molar-refractivity contribution >= 4 is 12.1 Å². The third-order valence-corrected chi connectivity index (χ3v) is 2.36. The molecule has 0 aliphatic heterocycles. The van der Waals surface area contributed by atoms with Crippen molar-refractivity contribution in [2.24, 2.45) is 7.05 Å². The Hall–Kier alpha value is -2.51. The van der Waals surface area contributed by atoms with Crippen LogP contribution >= 0.6 is 0 Å². The van der Waals surface area contributed by atoms with E-state index in [2.05, 4.69) is 21.7 Å². The average Bonchev–Trinajstić information content (AvgIpc) is 2.67. The highest BCUT2D eigenvalue weighted by Crippen LogP contribution is 1.98. The molecule has 0 unspecified atom stereocenters. The number of nitrogens with one attached hydrogen (secondary N) is 2. The van der Waals surface area contributed by atoms with E-state index in [4.69, 9.17) is 5.11 Å². The molecule has 0 radical (unpaired) electrons. The molecule has 0 spiro atoms. The molecule has 0 saturated carbocycles. The number of rotatable bonds is 6. The number of carbonyl (C=O) groups excluding carboxylic acids is 1. The molecule has 0 aliphatic rings. The molecule has 1 amide bonds. The first-order chi connectivity index (χ1) is 8.95. The third-order valence-electron chi connectivity index (χ3n) is 2.36. The van der Waals surface area contributed by atoms with Crippen LogP contribution in [-0.2, 0) is 23.0 Å². The Labute approximate surface area is 108 Å². The van der Waals surface area contributed by atoms with Gasteiger partial charge in [0.05, 0.1) is 0 Å². The Morgan fingerprint density at radius 3 is 2.84 bits per heavy atom. The number of carboxylic acids is 1. The summed E-state index contributed by atoms with van der Waals surface area (Å²) in [6.07, 6.45) is 1.75. The second-order valence-electron chi connectivity index (χ2n) is 3.79. The molecule has 3 N–H and O–H groups in total. The van der Waals surface area contributed by atoms with Crippen molar-refractivity contribution in [2.45, 2.75) is 12.5 Å². The van der Waals surface area contributed by atoms with Crippen LogP contribution in [0.15, 0.2) is 23.6 Å². The Kier molecular flexibility index (Phi) is 4.92. The van der Waals surface area contributed by atoms with Crippen LogP contribution in [0, 0.1) is 0 Å². The molecule has 0 aliphatic carbocycles. The maximum atomic E-state index is 11.6.